The zero-order chi connectivity index (χ0) is 31.7. The molecule has 0 aromatic heterocycles. The van der Waals surface area contributed by atoms with Crippen LogP contribution in [0.2, 0.25) is 0 Å². The molecule has 0 spiro atoms. The molecule has 0 aliphatic carbocycles. The summed E-state index contributed by atoms with van der Waals surface area (Å²) in [6.07, 6.45) is -0.0100. The molecule has 0 saturated heterocycles. The lowest BCUT2D eigenvalue weighted by Gasteiger charge is -2.31. The molecule has 10 heteroatoms. The molecule has 2 N–H and O–H groups in total. The number of carbonyl (C=O) groups excluding carboxylic acids is 2. The topological polar surface area (TPSA) is 106 Å². The summed E-state index contributed by atoms with van der Waals surface area (Å²) in [6.45, 7) is 6.00. The van der Waals surface area contributed by atoms with Crippen LogP contribution in [0.1, 0.15) is 62.8 Å². The van der Waals surface area contributed by atoms with Crippen molar-refractivity contribution < 1.29 is 33.3 Å². The quantitative estimate of drug-likeness (QED) is 0.169. The number of aliphatic hydroxyl groups is 1. The molecule has 0 fully saturated rings. The number of aliphatic imine (C=N–C) groups is 1. The first-order chi connectivity index (χ1) is 21.0. The standard InChI is InChI=1S/C34H38BrFN2O6/c1-33(2,3)44-29(40)16-18-34(32(41)37-19-17-23-8-6-9-25(36)22-23)30(27-10-4-5-11-28(27)35)43-31(38-34)24-12-14-26(15-13-24)42-21-7-20-39/h4-6,8-15,22,30,39H,7,16-21H2,1-3H3,(H,37,41)/t30-,34-/m1/s1. The third kappa shape index (κ3) is 8.66. The van der Waals surface area contributed by atoms with Crippen molar-refractivity contribution in [1.29, 1.82) is 0 Å². The fourth-order valence-corrected chi connectivity index (χ4v) is 5.38. The number of nitrogens with zero attached hydrogens (tertiary/aromatic N) is 1. The van der Waals surface area contributed by atoms with Crippen molar-refractivity contribution in [3.8, 4) is 5.75 Å². The van der Waals surface area contributed by atoms with Gasteiger partial charge in [-0.25, -0.2) is 9.38 Å². The minimum atomic E-state index is -1.52. The second kappa shape index (κ2) is 14.8. The van der Waals surface area contributed by atoms with Gasteiger partial charge in [0.2, 0.25) is 5.90 Å². The summed E-state index contributed by atoms with van der Waals surface area (Å²) >= 11 is 3.61. The molecule has 0 radical (unpaired) electrons. The molecule has 0 saturated carbocycles. The number of esters is 1. The fraction of sp³-hybridized carbons (Fsp3) is 0.382. The van der Waals surface area contributed by atoms with Crippen LogP contribution in [0, 0.1) is 5.82 Å². The van der Waals surface area contributed by atoms with E-state index >= 15 is 0 Å². The minimum absolute atomic E-state index is 0.0194. The molecule has 1 aliphatic rings. The Bertz CT molecular complexity index is 1470. The van der Waals surface area contributed by atoms with Gasteiger partial charge < -0.3 is 24.6 Å². The van der Waals surface area contributed by atoms with Gasteiger partial charge in [0.05, 0.1) is 6.61 Å². The van der Waals surface area contributed by atoms with Gasteiger partial charge in [-0.2, -0.15) is 0 Å². The summed E-state index contributed by atoms with van der Waals surface area (Å²) in [5, 5.41) is 12.0. The molecule has 1 amide bonds. The minimum Gasteiger partial charge on any atom is -0.494 e. The molecule has 234 valence electrons. The summed E-state index contributed by atoms with van der Waals surface area (Å²) < 4.78 is 32.2. The SMILES string of the molecule is CC(C)(C)OC(=O)CC[C@@]1(C(=O)NCCc2cccc(F)c2)N=C(c2ccc(OCCCO)cc2)O[C@@H]1c1ccccc1Br. The second-order valence-corrected chi connectivity index (χ2v) is 12.4. The number of nitrogens with one attached hydrogen (secondary N) is 1. The second-order valence-electron chi connectivity index (χ2n) is 11.5. The molecule has 2 atom stereocenters. The Kier molecular flexibility index (Phi) is 11.2. The monoisotopic (exact) mass is 668 g/mol. The lowest BCUT2D eigenvalue weighted by atomic mass is 9.83. The smallest absolute Gasteiger partial charge is 0.306 e. The van der Waals surface area contributed by atoms with E-state index in [1.807, 2.05) is 24.3 Å². The zero-order valence-electron chi connectivity index (χ0n) is 25.1. The van der Waals surface area contributed by atoms with E-state index in [0.29, 0.717) is 36.3 Å². The summed E-state index contributed by atoms with van der Waals surface area (Å²) in [5.74, 6) is -0.355. The van der Waals surface area contributed by atoms with Gasteiger partial charge in [-0.3, -0.25) is 9.59 Å². The van der Waals surface area contributed by atoms with Crippen LogP contribution in [0.3, 0.4) is 0 Å². The van der Waals surface area contributed by atoms with Gasteiger partial charge in [0.25, 0.3) is 5.91 Å². The highest BCUT2D eigenvalue weighted by molar-refractivity contribution is 9.10. The van der Waals surface area contributed by atoms with Crippen LogP contribution in [-0.4, -0.2) is 53.8 Å². The highest BCUT2D eigenvalue weighted by Gasteiger charge is 2.53. The Balaban J connectivity index is 1.69. The number of rotatable bonds is 13. The van der Waals surface area contributed by atoms with E-state index in [1.165, 1.54) is 12.1 Å². The molecule has 1 heterocycles. The summed E-state index contributed by atoms with van der Waals surface area (Å²) in [7, 11) is 0. The zero-order valence-corrected chi connectivity index (χ0v) is 26.7. The molecule has 0 unspecified atom stereocenters. The Labute approximate surface area is 265 Å². The average Bonchev–Trinajstić information content (AvgIpc) is 3.37. The van der Waals surface area contributed by atoms with E-state index in [-0.39, 0.29) is 37.7 Å². The molecule has 44 heavy (non-hydrogen) atoms. The van der Waals surface area contributed by atoms with Gasteiger partial charge in [0.15, 0.2) is 11.6 Å². The van der Waals surface area contributed by atoms with E-state index in [2.05, 4.69) is 21.2 Å². The van der Waals surface area contributed by atoms with Crippen LogP contribution in [-0.2, 0) is 25.5 Å². The molecule has 0 bridgehead atoms. The summed E-state index contributed by atoms with van der Waals surface area (Å²) in [4.78, 5) is 32.0. The average molecular weight is 670 g/mol. The van der Waals surface area contributed by atoms with Crippen molar-refractivity contribution in [3.05, 3.63) is 99.8 Å². The van der Waals surface area contributed by atoms with Crippen molar-refractivity contribution in [3.63, 3.8) is 0 Å². The van der Waals surface area contributed by atoms with E-state index in [1.54, 1.807) is 57.2 Å². The van der Waals surface area contributed by atoms with Crippen LogP contribution in [0.4, 0.5) is 4.39 Å². The molecule has 1 aliphatic heterocycles. The maximum absolute atomic E-state index is 14.2. The van der Waals surface area contributed by atoms with Crippen molar-refractivity contribution in [2.45, 2.75) is 63.7 Å². The first-order valence-corrected chi connectivity index (χ1v) is 15.4. The number of carbonyl (C=O) groups is 2. The van der Waals surface area contributed by atoms with Crippen molar-refractivity contribution >= 4 is 33.7 Å². The molecule has 3 aromatic carbocycles. The van der Waals surface area contributed by atoms with Gasteiger partial charge in [-0.1, -0.05) is 46.3 Å². The lowest BCUT2D eigenvalue weighted by Crippen LogP contribution is -2.49. The molecule has 3 aromatic rings. The lowest BCUT2D eigenvalue weighted by molar-refractivity contribution is -0.155. The van der Waals surface area contributed by atoms with Crippen LogP contribution >= 0.6 is 15.9 Å². The van der Waals surface area contributed by atoms with Crippen molar-refractivity contribution in [2.24, 2.45) is 4.99 Å². The third-order valence-electron chi connectivity index (χ3n) is 6.94. The first-order valence-electron chi connectivity index (χ1n) is 14.6. The van der Waals surface area contributed by atoms with Gasteiger partial charge in [-0.05, 0) is 81.6 Å². The van der Waals surface area contributed by atoms with E-state index < -0.39 is 29.1 Å². The Hall–Kier alpha value is -3.76. The van der Waals surface area contributed by atoms with E-state index in [9.17, 15) is 14.0 Å². The number of aliphatic hydroxyl groups excluding tert-OH is 1. The van der Waals surface area contributed by atoms with Gasteiger partial charge in [-0.15, -0.1) is 0 Å². The van der Waals surface area contributed by atoms with Gasteiger partial charge in [0.1, 0.15) is 17.2 Å². The maximum Gasteiger partial charge on any atom is 0.306 e. The van der Waals surface area contributed by atoms with Gasteiger partial charge >= 0.3 is 5.97 Å². The Morgan fingerprint density at radius 3 is 2.52 bits per heavy atom. The van der Waals surface area contributed by atoms with E-state index in [0.717, 1.165) is 10.0 Å². The largest absolute Gasteiger partial charge is 0.494 e. The molecular formula is C34H38BrFN2O6. The number of amides is 1. The van der Waals surface area contributed by atoms with Crippen LogP contribution in [0.15, 0.2) is 82.3 Å². The fourth-order valence-electron chi connectivity index (χ4n) is 4.89. The third-order valence-corrected chi connectivity index (χ3v) is 7.66. The summed E-state index contributed by atoms with van der Waals surface area (Å²) in [6, 6.07) is 20.8. The summed E-state index contributed by atoms with van der Waals surface area (Å²) in [5.41, 5.74) is -0.151. The van der Waals surface area contributed by atoms with Crippen molar-refractivity contribution in [2.75, 3.05) is 19.8 Å². The van der Waals surface area contributed by atoms with E-state index in [4.69, 9.17) is 24.3 Å². The highest BCUT2D eigenvalue weighted by atomic mass is 79.9. The molecular weight excluding hydrogens is 631 g/mol. The molecule has 4 rings (SSSR count). The predicted molar refractivity (Wildman–Crippen MR) is 169 cm³/mol. The first kappa shape index (κ1) is 33.1. The Morgan fingerprint density at radius 1 is 1.09 bits per heavy atom. The Morgan fingerprint density at radius 2 is 1.84 bits per heavy atom. The van der Waals surface area contributed by atoms with Gasteiger partial charge in [0, 0.05) is 41.6 Å². The highest BCUT2D eigenvalue weighted by Crippen LogP contribution is 2.45. The van der Waals surface area contributed by atoms with Crippen LogP contribution < -0.4 is 10.1 Å². The number of ether oxygens (including phenoxy) is 3. The number of hydrogen-bond donors (Lipinski definition) is 2. The van der Waals surface area contributed by atoms with Crippen LogP contribution in [0.5, 0.6) is 5.75 Å². The number of halogens is 2. The maximum atomic E-state index is 14.2. The number of hydrogen-bond acceptors (Lipinski definition) is 7. The normalized spacial score (nSPS) is 17.9. The number of benzene rings is 3. The van der Waals surface area contributed by atoms with Crippen LogP contribution in [0.25, 0.3) is 0 Å². The van der Waals surface area contributed by atoms with Crippen molar-refractivity contribution in [1.82, 2.24) is 5.32 Å². The molecule has 8 nitrogen and oxygen atoms in total. The predicted octanol–water partition coefficient (Wildman–Crippen LogP) is 6.09.